The van der Waals surface area contributed by atoms with Crippen molar-refractivity contribution in [1.29, 1.82) is 0 Å². The predicted molar refractivity (Wildman–Crippen MR) is 119 cm³/mol. The van der Waals surface area contributed by atoms with Crippen LogP contribution in [0.4, 0.5) is 0 Å². The summed E-state index contributed by atoms with van der Waals surface area (Å²) in [4.78, 5) is 37.0. The molecule has 160 valence electrons. The second kappa shape index (κ2) is 7.28. The molecule has 4 aliphatic rings. The van der Waals surface area contributed by atoms with E-state index in [1.807, 2.05) is 6.08 Å². The second-order valence-corrected chi connectivity index (χ2v) is 10.6. The number of hydrogen-bond acceptors (Lipinski definition) is 3. The average Bonchev–Trinajstić information content (AvgIpc) is 3.08. The maximum atomic E-state index is 12.7. The largest absolute Gasteiger partial charge is 0.285 e. The minimum Gasteiger partial charge on any atom is -0.285 e. The van der Waals surface area contributed by atoms with Gasteiger partial charge in [-0.1, -0.05) is 57.6 Å². The molecular weight excluding hydrogens is 372 g/mol. The Kier molecular flexibility index (Phi) is 5.15. The van der Waals surface area contributed by atoms with Gasteiger partial charge in [0.1, 0.15) is 0 Å². The van der Waals surface area contributed by atoms with Crippen molar-refractivity contribution in [3.8, 4) is 0 Å². The normalized spacial score (nSPS) is 37.1. The van der Waals surface area contributed by atoms with Crippen LogP contribution in [0.2, 0.25) is 0 Å². The van der Waals surface area contributed by atoms with Gasteiger partial charge >= 0.3 is 0 Å². The summed E-state index contributed by atoms with van der Waals surface area (Å²) in [6.07, 6.45) is 14.3. The molecule has 0 N–H and O–H groups in total. The van der Waals surface area contributed by atoms with Gasteiger partial charge in [0.25, 0.3) is 5.78 Å². The van der Waals surface area contributed by atoms with Gasteiger partial charge in [-0.2, -0.15) is 0 Å². The van der Waals surface area contributed by atoms with Crippen molar-refractivity contribution in [3.63, 3.8) is 0 Å². The number of carbonyl (C=O) groups is 3. The molecule has 4 rings (SSSR count). The van der Waals surface area contributed by atoms with Crippen LogP contribution in [0.15, 0.2) is 47.6 Å². The SMILES string of the molecule is C=C(C)C(=O)C(=O)C(=O)C(=C)C1=CC=C2[C@@H]3CCC4CCCC[C@]4(C)[C@H]3CC[C@]12C. The van der Waals surface area contributed by atoms with E-state index in [-0.39, 0.29) is 16.6 Å². The van der Waals surface area contributed by atoms with Crippen LogP contribution in [0.5, 0.6) is 0 Å². The fourth-order valence-electron chi connectivity index (χ4n) is 7.28. The molecule has 0 aromatic heterocycles. The third kappa shape index (κ3) is 2.96. The van der Waals surface area contributed by atoms with E-state index in [2.05, 4.69) is 33.1 Å². The van der Waals surface area contributed by atoms with E-state index < -0.39 is 17.3 Å². The molecule has 0 aromatic carbocycles. The zero-order chi connectivity index (χ0) is 21.8. The molecule has 30 heavy (non-hydrogen) atoms. The second-order valence-electron chi connectivity index (χ2n) is 10.6. The first-order chi connectivity index (χ1) is 14.1. The first-order valence-electron chi connectivity index (χ1n) is 11.5. The van der Waals surface area contributed by atoms with E-state index in [1.165, 1.54) is 51.0 Å². The van der Waals surface area contributed by atoms with Crippen LogP contribution < -0.4 is 0 Å². The number of allylic oxidation sites excluding steroid dienone is 6. The molecule has 3 nitrogen and oxygen atoms in total. The Bertz CT molecular complexity index is 916. The summed E-state index contributed by atoms with van der Waals surface area (Å²) >= 11 is 0. The lowest BCUT2D eigenvalue weighted by Crippen LogP contribution is -2.50. The molecule has 0 aromatic rings. The molecule has 3 heteroatoms. The van der Waals surface area contributed by atoms with Gasteiger partial charge in [0, 0.05) is 11.0 Å². The topological polar surface area (TPSA) is 51.2 Å². The maximum absolute atomic E-state index is 12.7. The van der Waals surface area contributed by atoms with E-state index in [4.69, 9.17) is 0 Å². The van der Waals surface area contributed by atoms with Crippen LogP contribution in [-0.4, -0.2) is 17.3 Å². The minimum absolute atomic E-state index is 0.0876. The molecule has 0 spiro atoms. The fraction of sp³-hybridized carbons (Fsp3) is 0.593. The van der Waals surface area contributed by atoms with Gasteiger partial charge in [0.15, 0.2) is 0 Å². The van der Waals surface area contributed by atoms with E-state index in [9.17, 15) is 14.4 Å². The Balaban J connectivity index is 1.57. The first-order valence-corrected chi connectivity index (χ1v) is 11.5. The highest BCUT2D eigenvalue weighted by atomic mass is 16.2. The Morgan fingerprint density at radius 1 is 0.900 bits per heavy atom. The van der Waals surface area contributed by atoms with Gasteiger partial charge in [0.05, 0.1) is 0 Å². The molecule has 0 heterocycles. The zero-order valence-electron chi connectivity index (χ0n) is 18.7. The number of Topliss-reactive ketones (excluding diaryl/α,β-unsaturated/α-hetero) is 3. The Morgan fingerprint density at radius 2 is 1.63 bits per heavy atom. The molecule has 0 amide bonds. The number of hydrogen-bond donors (Lipinski definition) is 0. The number of ketones is 3. The fourth-order valence-corrected chi connectivity index (χ4v) is 7.28. The van der Waals surface area contributed by atoms with Crippen molar-refractivity contribution < 1.29 is 14.4 Å². The summed E-state index contributed by atoms with van der Waals surface area (Å²) in [6, 6.07) is 0. The highest BCUT2D eigenvalue weighted by Crippen LogP contribution is 2.65. The molecule has 4 aliphatic carbocycles. The minimum atomic E-state index is -1.02. The smallest absolute Gasteiger partial charge is 0.273 e. The summed E-state index contributed by atoms with van der Waals surface area (Å²) < 4.78 is 0. The van der Waals surface area contributed by atoms with E-state index in [0.29, 0.717) is 17.3 Å². The van der Waals surface area contributed by atoms with Gasteiger partial charge in [-0.3, -0.25) is 14.4 Å². The van der Waals surface area contributed by atoms with Crippen molar-refractivity contribution in [2.24, 2.45) is 28.6 Å². The monoisotopic (exact) mass is 406 g/mol. The van der Waals surface area contributed by atoms with E-state index in [1.54, 1.807) is 0 Å². The quantitative estimate of drug-likeness (QED) is 0.333. The predicted octanol–water partition coefficient (Wildman–Crippen LogP) is 5.72. The van der Waals surface area contributed by atoms with Crippen molar-refractivity contribution in [2.75, 3.05) is 0 Å². The summed E-state index contributed by atoms with van der Waals surface area (Å²) in [5.74, 6) is -0.504. The van der Waals surface area contributed by atoms with Crippen LogP contribution in [0.1, 0.15) is 72.1 Å². The lowest BCUT2D eigenvalue weighted by atomic mass is 9.46. The number of fused-ring (bicyclic) bond motifs is 5. The van der Waals surface area contributed by atoms with Crippen molar-refractivity contribution >= 4 is 17.3 Å². The molecule has 3 fully saturated rings. The third-order valence-electron chi connectivity index (χ3n) is 9.02. The average molecular weight is 407 g/mol. The Morgan fingerprint density at radius 3 is 2.33 bits per heavy atom. The summed E-state index contributed by atoms with van der Waals surface area (Å²) in [6.45, 7) is 13.7. The standard InChI is InChI=1S/C27H34O3/c1-16(2)23(28)25(30)24(29)17(3)20-11-12-21-19-10-9-18-8-6-7-14-26(18,4)22(19)13-15-27(20,21)5/h11-12,18-19,22H,1,3,6-10,13-15H2,2,4-5H3/t18?,19-,22-,26-,27+/m0/s1. The van der Waals surface area contributed by atoms with Gasteiger partial charge in [-0.25, -0.2) is 0 Å². The molecular formula is C27H34O3. The lowest BCUT2D eigenvalue weighted by molar-refractivity contribution is -0.141. The van der Waals surface area contributed by atoms with Crippen LogP contribution in [0, 0.1) is 28.6 Å². The maximum Gasteiger partial charge on any atom is 0.273 e. The van der Waals surface area contributed by atoms with Crippen LogP contribution in [-0.2, 0) is 14.4 Å². The van der Waals surface area contributed by atoms with E-state index in [0.717, 1.165) is 24.3 Å². The van der Waals surface area contributed by atoms with Crippen molar-refractivity contribution in [1.82, 2.24) is 0 Å². The van der Waals surface area contributed by atoms with Crippen LogP contribution in [0.3, 0.4) is 0 Å². The Labute approximate surface area is 180 Å². The molecule has 5 atom stereocenters. The summed E-state index contributed by atoms with van der Waals surface area (Å²) in [7, 11) is 0. The Hall–Kier alpha value is -2.03. The highest BCUT2D eigenvalue weighted by molar-refractivity contribution is 6.70. The third-order valence-corrected chi connectivity index (χ3v) is 9.02. The molecule has 0 saturated heterocycles. The number of carbonyl (C=O) groups excluding carboxylic acids is 3. The summed E-state index contributed by atoms with van der Waals surface area (Å²) in [5, 5.41) is 0. The first kappa shape index (κ1) is 21.2. The van der Waals surface area contributed by atoms with Crippen molar-refractivity contribution in [2.45, 2.75) is 72.1 Å². The molecule has 0 bridgehead atoms. The lowest BCUT2D eigenvalue weighted by Gasteiger charge is -2.58. The molecule has 0 aliphatic heterocycles. The van der Waals surface area contributed by atoms with Crippen LogP contribution >= 0.6 is 0 Å². The molecule has 3 saturated carbocycles. The van der Waals surface area contributed by atoms with Crippen LogP contribution in [0.25, 0.3) is 0 Å². The van der Waals surface area contributed by atoms with E-state index >= 15 is 0 Å². The molecule has 1 unspecified atom stereocenters. The van der Waals surface area contributed by atoms with Crippen molar-refractivity contribution in [3.05, 3.63) is 47.6 Å². The van der Waals surface area contributed by atoms with Gasteiger partial charge < -0.3 is 0 Å². The summed E-state index contributed by atoms with van der Waals surface area (Å²) in [5.41, 5.74) is 2.71. The highest BCUT2D eigenvalue weighted by Gasteiger charge is 2.56. The zero-order valence-corrected chi connectivity index (χ0v) is 18.7. The van der Waals surface area contributed by atoms with Gasteiger partial charge in [-0.15, -0.1) is 0 Å². The number of rotatable bonds is 5. The van der Waals surface area contributed by atoms with Gasteiger partial charge in [0.2, 0.25) is 11.6 Å². The molecule has 0 radical (unpaired) electrons. The van der Waals surface area contributed by atoms with Gasteiger partial charge in [-0.05, 0) is 79.8 Å².